The first-order valence-corrected chi connectivity index (χ1v) is 9.25. The largest absolute Gasteiger partial charge is 0.490 e. The first kappa shape index (κ1) is 15.3. The highest BCUT2D eigenvalue weighted by molar-refractivity contribution is 7.08. The van der Waals surface area contributed by atoms with Crippen molar-refractivity contribution in [1.29, 1.82) is 0 Å². The second-order valence-corrected chi connectivity index (χ2v) is 6.83. The molecule has 1 atom stereocenters. The highest BCUT2D eigenvalue weighted by atomic mass is 32.1. The number of anilines is 1. The van der Waals surface area contributed by atoms with E-state index in [4.69, 9.17) is 9.47 Å². The van der Waals surface area contributed by atoms with Crippen molar-refractivity contribution in [3.05, 3.63) is 40.6 Å². The van der Waals surface area contributed by atoms with Crippen molar-refractivity contribution < 1.29 is 14.3 Å². The van der Waals surface area contributed by atoms with Gasteiger partial charge in [-0.3, -0.25) is 0 Å². The van der Waals surface area contributed by atoms with E-state index in [9.17, 15) is 4.79 Å². The highest BCUT2D eigenvalue weighted by Gasteiger charge is 2.30. The summed E-state index contributed by atoms with van der Waals surface area (Å²) in [5.74, 6) is 1.43. The molecule has 4 rings (SSSR count). The molecule has 24 heavy (non-hydrogen) atoms. The molecular weight excluding hydrogens is 324 g/mol. The van der Waals surface area contributed by atoms with E-state index in [2.05, 4.69) is 22.1 Å². The normalized spacial score (nSPS) is 19.8. The fourth-order valence-corrected chi connectivity index (χ4v) is 3.96. The number of carbonyl (C=O) groups is 1. The molecular formula is C18H20N2O3S. The van der Waals surface area contributed by atoms with Crippen LogP contribution in [0.15, 0.2) is 35.0 Å². The Morgan fingerprint density at radius 1 is 1.17 bits per heavy atom. The summed E-state index contributed by atoms with van der Waals surface area (Å²) in [6.45, 7) is 2.09. The smallest absolute Gasteiger partial charge is 0.322 e. The number of hydrogen-bond donors (Lipinski definition) is 1. The lowest BCUT2D eigenvalue weighted by Gasteiger charge is -2.24. The molecule has 0 radical (unpaired) electrons. The Hall–Kier alpha value is -2.21. The van der Waals surface area contributed by atoms with Crippen molar-refractivity contribution in [3.8, 4) is 11.5 Å². The summed E-state index contributed by atoms with van der Waals surface area (Å²) in [6.07, 6.45) is 2.92. The Bertz CT molecular complexity index is 717. The molecule has 0 saturated carbocycles. The van der Waals surface area contributed by atoms with Crippen LogP contribution < -0.4 is 14.8 Å². The third kappa shape index (κ3) is 3.06. The van der Waals surface area contributed by atoms with Crippen LogP contribution in [0.25, 0.3) is 0 Å². The van der Waals surface area contributed by atoms with E-state index in [1.807, 2.05) is 23.1 Å². The molecule has 0 aliphatic carbocycles. The monoisotopic (exact) mass is 344 g/mol. The van der Waals surface area contributed by atoms with Gasteiger partial charge < -0.3 is 19.7 Å². The molecule has 126 valence electrons. The first-order chi connectivity index (χ1) is 11.8. The van der Waals surface area contributed by atoms with Gasteiger partial charge in [0.15, 0.2) is 11.5 Å². The van der Waals surface area contributed by atoms with E-state index in [1.165, 1.54) is 5.56 Å². The minimum absolute atomic E-state index is 0.0572. The first-order valence-electron chi connectivity index (χ1n) is 8.30. The van der Waals surface area contributed by atoms with Gasteiger partial charge in [-0.2, -0.15) is 11.3 Å². The number of urea groups is 1. The number of benzene rings is 1. The van der Waals surface area contributed by atoms with Crippen molar-refractivity contribution in [2.45, 2.75) is 25.3 Å². The van der Waals surface area contributed by atoms with Crippen molar-refractivity contribution in [3.63, 3.8) is 0 Å². The lowest BCUT2D eigenvalue weighted by Crippen LogP contribution is -2.34. The van der Waals surface area contributed by atoms with Crippen molar-refractivity contribution >= 4 is 23.1 Å². The molecule has 0 spiro atoms. The van der Waals surface area contributed by atoms with Gasteiger partial charge in [-0.1, -0.05) is 0 Å². The van der Waals surface area contributed by atoms with E-state index in [0.717, 1.165) is 37.2 Å². The molecule has 2 aromatic rings. The molecule has 5 nitrogen and oxygen atoms in total. The predicted octanol–water partition coefficient (Wildman–Crippen LogP) is 4.28. The Morgan fingerprint density at radius 3 is 2.88 bits per heavy atom. The number of likely N-dealkylation sites (tertiary alicyclic amines) is 1. The molecule has 6 heteroatoms. The van der Waals surface area contributed by atoms with Gasteiger partial charge in [0, 0.05) is 24.7 Å². The van der Waals surface area contributed by atoms with Crippen LogP contribution in [-0.2, 0) is 0 Å². The van der Waals surface area contributed by atoms with E-state index in [1.54, 1.807) is 11.3 Å². The summed E-state index contributed by atoms with van der Waals surface area (Å²) in [4.78, 5) is 14.6. The van der Waals surface area contributed by atoms with Crippen LogP contribution >= 0.6 is 11.3 Å². The number of nitrogens with one attached hydrogen (secondary N) is 1. The van der Waals surface area contributed by atoms with Crippen LogP contribution in [0.1, 0.15) is 30.9 Å². The molecule has 0 bridgehead atoms. The van der Waals surface area contributed by atoms with Gasteiger partial charge in [0.1, 0.15) is 0 Å². The number of nitrogens with zero attached hydrogens (tertiary/aromatic N) is 1. The zero-order valence-corrected chi connectivity index (χ0v) is 14.2. The highest BCUT2D eigenvalue weighted by Crippen LogP contribution is 2.35. The molecule has 2 aliphatic heterocycles. The Kier molecular flexibility index (Phi) is 4.30. The lowest BCUT2D eigenvalue weighted by molar-refractivity contribution is 0.207. The van der Waals surface area contributed by atoms with Crippen LogP contribution in [0.5, 0.6) is 11.5 Å². The number of carbonyl (C=O) groups excluding carboxylic acids is 1. The van der Waals surface area contributed by atoms with Crippen LogP contribution in [-0.4, -0.2) is 30.7 Å². The summed E-state index contributed by atoms with van der Waals surface area (Å²) in [6, 6.07) is 7.79. The fraction of sp³-hybridized carbons (Fsp3) is 0.389. The maximum atomic E-state index is 12.7. The van der Waals surface area contributed by atoms with Gasteiger partial charge in [-0.15, -0.1) is 0 Å². The van der Waals surface area contributed by atoms with Gasteiger partial charge in [0.25, 0.3) is 0 Å². The summed E-state index contributed by atoms with van der Waals surface area (Å²) in [5.41, 5.74) is 1.96. The maximum Gasteiger partial charge on any atom is 0.322 e. The molecule has 1 aromatic carbocycles. The number of hydrogen-bond acceptors (Lipinski definition) is 4. The van der Waals surface area contributed by atoms with E-state index in [0.29, 0.717) is 19.0 Å². The van der Waals surface area contributed by atoms with Crippen LogP contribution in [0.3, 0.4) is 0 Å². The number of amides is 2. The topological polar surface area (TPSA) is 50.8 Å². The standard InChI is InChI=1S/C18H20N2O3S/c21-18(20-7-1-3-15(20)13-6-10-24-12-13)19-14-4-5-16-17(11-14)23-9-2-8-22-16/h4-6,10-12,15H,1-3,7-9H2,(H,19,21). The molecule has 2 amide bonds. The third-order valence-corrected chi connectivity index (χ3v) is 5.14. The second kappa shape index (κ2) is 6.73. The van der Waals surface area contributed by atoms with Gasteiger partial charge >= 0.3 is 6.03 Å². The average molecular weight is 344 g/mol. The SMILES string of the molecule is O=C(Nc1ccc2c(c1)OCCCO2)N1CCCC1c1ccsc1. The second-order valence-electron chi connectivity index (χ2n) is 6.05. The molecule has 1 aromatic heterocycles. The molecule has 3 heterocycles. The average Bonchev–Trinajstić information content (AvgIpc) is 3.22. The number of rotatable bonds is 2. The maximum absolute atomic E-state index is 12.7. The van der Waals surface area contributed by atoms with Crippen LogP contribution in [0.2, 0.25) is 0 Å². The van der Waals surface area contributed by atoms with Gasteiger partial charge in [0.2, 0.25) is 0 Å². The summed E-state index contributed by atoms with van der Waals surface area (Å²) < 4.78 is 11.3. The Labute approximate surface area is 145 Å². The minimum Gasteiger partial charge on any atom is -0.490 e. The summed E-state index contributed by atoms with van der Waals surface area (Å²) in [7, 11) is 0. The van der Waals surface area contributed by atoms with Crippen molar-refractivity contribution in [1.82, 2.24) is 4.90 Å². The molecule has 1 saturated heterocycles. The molecule has 1 fully saturated rings. The summed E-state index contributed by atoms with van der Waals surface area (Å²) in [5, 5.41) is 7.19. The number of fused-ring (bicyclic) bond motifs is 1. The Morgan fingerprint density at radius 2 is 2.04 bits per heavy atom. The minimum atomic E-state index is -0.0572. The van der Waals surface area contributed by atoms with Crippen LogP contribution in [0, 0.1) is 0 Å². The van der Waals surface area contributed by atoms with Gasteiger partial charge in [0.05, 0.1) is 19.3 Å². The van der Waals surface area contributed by atoms with Crippen molar-refractivity contribution in [2.24, 2.45) is 0 Å². The molecule has 1 N–H and O–H groups in total. The zero-order valence-electron chi connectivity index (χ0n) is 13.4. The zero-order chi connectivity index (χ0) is 16.4. The fourth-order valence-electron chi connectivity index (χ4n) is 3.26. The van der Waals surface area contributed by atoms with E-state index in [-0.39, 0.29) is 12.1 Å². The quantitative estimate of drug-likeness (QED) is 0.885. The number of thiophene rings is 1. The van der Waals surface area contributed by atoms with E-state index < -0.39 is 0 Å². The lowest BCUT2D eigenvalue weighted by atomic mass is 10.1. The van der Waals surface area contributed by atoms with Crippen molar-refractivity contribution in [2.75, 3.05) is 25.1 Å². The van der Waals surface area contributed by atoms with Gasteiger partial charge in [-0.05, 0) is 47.4 Å². The summed E-state index contributed by atoms with van der Waals surface area (Å²) >= 11 is 1.67. The third-order valence-electron chi connectivity index (χ3n) is 4.44. The Balaban J connectivity index is 1.48. The van der Waals surface area contributed by atoms with Gasteiger partial charge in [-0.25, -0.2) is 4.79 Å². The molecule has 2 aliphatic rings. The molecule has 1 unspecified atom stereocenters. The number of ether oxygens (including phenoxy) is 2. The van der Waals surface area contributed by atoms with E-state index >= 15 is 0 Å². The van der Waals surface area contributed by atoms with Crippen LogP contribution in [0.4, 0.5) is 10.5 Å². The predicted molar refractivity (Wildman–Crippen MR) is 94.1 cm³/mol.